The quantitative estimate of drug-likeness (QED) is 0.854. The van der Waals surface area contributed by atoms with Gasteiger partial charge in [-0.15, -0.1) is 0 Å². The summed E-state index contributed by atoms with van der Waals surface area (Å²) in [5.41, 5.74) is 0. The van der Waals surface area contributed by atoms with Gasteiger partial charge in [0.25, 0.3) is 0 Å². The molecule has 1 aromatic heterocycles. The van der Waals surface area contributed by atoms with Crippen LogP contribution < -0.4 is 0 Å². The van der Waals surface area contributed by atoms with Gasteiger partial charge in [0, 0.05) is 29.6 Å². The maximum Gasteiger partial charge on any atom is 0.199 e. The molecule has 0 bridgehead atoms. The SMILES string of the molecule is OCc1nn(CN2CCSC3CCCCC32)c(=S)n1C1CC1. The van der Waals surface area contributed by atoms with Crippen LogP contribution in [0.25, 0.3) is 0 Å². The Hall–Kier alpha value is -0.370. The maximum absolute atomic E-state index is 9.57. The second kappa shape index (κ2) is 6.26. The Morgan fingerprint density at radius 1 is 1.23 bits per heavy atom. The summed E-state index contributed by atoms with van der Waals surface area (Å²) < 4.78 is 4.81. The van der Waals surface area contributed by atoms with E-state index in [0.29, 0.717) is 12.1 Å². The van der Waals surface area contributed by atoms with Gasteiger partial charge >= 0.3 is 0 Å². The van der Waals surface area contributed by atoms with Crippen LogP contribution in [0, 0.1) is 4.77 Å². The van der Waals surface area contributed by atoms with E-state index in [9.17, 15) is 5.11 Å². The van der Waals surface area contributed by atoms with Crippen LogP contribution in [0.15, 0.2) is 0 Å². The van der Waals surface area contributed by atoms with Crippen molar-refractivity contribution in [1.82, 2.24) is 19.2 Å². The summed E-state index contributed by atoms with van der Waals surface area (Å²) in [7, 11) is 0. The fourth-order valence-corrected chi connectivity index (χ4v) is 5.75. The van der Waals surface area contributed by atoms with Gasteiger partial charge < -0.3 is 5.11 Å². The van der Waals surface area contributed by atoms with E-state index >= 15 is 0 Å². The number of thioether (sulfide) groups is 1. The number of hydrogen-bond donors (Lipinski definition) is 1. The van der Waals surface area contributed by atoms with Crippen LogP contribution >= 0.6 is 24.0 Å². The van der Waals surface area contributed by atoms with Crippen LogP contribution in [-0.2, 0) is 13.3 Å². The Morgan fingerprint density at radius 2 is 2.05 bits per heavy atom. The molecular formula is C15H24N4OS2. The molecule has 2 saturated carbocycles. The molecule has 0 spiro atoms. The first kappa shape index (κ1) is 15.2. The Labute approximate surface area is 140 Å². The molecule has 122 valence electrons. The smallest absolute Gasteiger partial charge is 0.199 e. The lowest BCUT2D eigenvalue weighted by Gasteiger charge is -2.43. The minimum Gasteiger partial charge on any atom is -0.388 e. The highest BCUT2D eigenvalue weighted by atomic mass is 32.2. The minimum atomic E-state index is -0.0188. The first-order valence-electron chi connectivity index (χ1n) is 8.42. The lowest BCUT2D eigenvalue weighted by Crippen LogP contribution is -2.49. The van der Waals surface area contributed by atoms with Crippen LogP contribution in [0.3, 0.4) is 0 Å². The Kier molecular flexibility index (Phi) is 4.32. The average molecular weight is 341 g/mol. The van der Waals surface area contributed by atoms with Crippen molar-refractivity contribution in [1.29, 1.82) is 0 Å². The molecule has 2 aliphatic carbocycles. The van der Waals surface area contributed by atoms with E-state index in [0.717, 1.165) is 41.9 Å². The van der Waals surface area contributed by atoms with Crippen LogP contribution in [0.5, 0.6) is 0 Å². The van der Waals surface area contributed by atoms with Gasteiger partial charge in [-0.2, -0.15) is 16.9 Å². The van der Waals surface area contributed by atoms with E-state index in [1.807, 2.05) is 4.68 Å². The molecule has 7 heteroatoms. The summed E-state index contributed by atoms with van der Waals surface area (Å²) in [5, 5.41) is 15.0. The molecule has 5 nitrogen and oxygen atoms in total. The highest BCUT2D eigenvalue weighted by molar-refractivity contribution is 8.00. The summed E-state index contributed by atoms with van der Waals surface area (Å²) in [5.74, 6) is 1.95. The fraction of sp³-hybridized carbons (Fsp3) is 0.867. The van der Waals surface area contributed by atoms with Crippen molar-refractivity contribution in [3.8, 4) is 0 Å². The zero-order valence-electron chi connectivity index (χ0n) is 12.9. The Morgan fingerprint density at radius 3 is 2.82 bits per heavy atom. The van der Waals surface area contributed by atoms with Crippen LogP contribution in [-0.4, -0.2) is 47.9 Å². The molecule has 0 radical (unpaired) electrons. The van der Waals surface area contributed by atoms with Gasteiger partial charge in [0.05, 0.1) is 6.67 Å². The zero-order chi connectivity index (χ0) is 15.1. The predicted molar refractivity (Wildman–Crippen MR) is 90.5 cm³/mol. The largest absolute Gasteiger partial charge is 0.388 e. The van der Waals surface area contributed by atoms with Gasteiger partial charge in [0.1, 0.15) is 6.61 Å². The molecule has 2 heterocycles. The second-order valence-electron chi connectivity index (χ2n) is 6.67. The predicted octanol–water partition coefficient (Wildman–Crippen LogP) is 2.56. The summed E-state index contributed by atoms with van der Waals surface area (Å²) >= 11 is 7.78. The number of hydrogen-bond acceptors (Lipinski definition) is 5. The molecule has 4 rings (SSSR count). The third-order valence-corrected chi connectivity index (χ3v) is 6.96. The lowest BCUT2D eigenvalue weighted by atomic mass is 9.93. The summed E-state index contributed by atoms with van der Waals surface area (Å²) in [6, 6.07) is 1.15. The highest BCUT2D eigenvalue weighted by Crippen LogP contribution is 2.37. The monoisotopic (exact) mass is 340 g/mol. The second-order valence-corrected chi connectivity index (χ2v) is 8.38. The average Bonchev–Trinajstić information content (AvgIpc) is 3.33. The van der Waals surface area contributed by atoms with E-state index < -0.39 is 0 Å². The van der Waals surface area contributed by atoms with Crippen molar-refractivity contribution in [3.05, 3.63) is 10.6 Å². The van der Waals surface area contributed by atoms with Crippen LogP contribution in [0.4, 0.5) is 0 Å². The van der Waals surface area contributed by atoms with Crippen molar-refractivity contribution in [2.24, 2.45) is 0 Å². The van der Waals surface area contributed by atoms with Gasteiger partial charge in [-0.05, 0) is 37.9 Å². The molecule has 2 atom stereocenters. The van der Waals surface area contributed by atoms with Crippen LogP contribution in [0.2, 0.25) is 0 Å². The molecule has 1 aromatic rings. The molecule has 0 amide bonds. The lowest BCUT2D eigenvalue weighted by molar-refractivity contribution is 0.117. The van der Waals surface area contributed by atoms with Gasteiger partial charge in [-0.1, -0.05) is 12.8 Å². The van der Waals surface area contributed by atoms with Gasteiger partial charge in [0.2, 0.25) is 0 Å². The normalized spacial score (nSPS) is 29.5. The molecule has 3 fully saturated rings. The van der Waals surface area contributed by atoms with E-state index in [2.05, 4.69) is 26.3 Å². The number of fused-ring (bicyclic) bond motifs is 1. The number of nitrogens with zero attached hydrogens (tertiary/aromatic N) is 4. The molecule has 2 unspecified atom stereocenters. The van der Waals surface area contributed by atoms with Gasteiger partial charge in [0.15, 0.2) is 10.6 Å². The number of aliphatic hydroxyl groups is 1. The topological polar surface area (TPSA) is 46.2 Å². The van der Waals surface area contributed by atoms with E-state index in [-0.39, 0.29) is 6.61 Å². The first-order chi connectivity index (χ1) is 10.8. The van der Waals surface area contributed by atoms with E-state index in [1.165, 1.54) is 31.4 Å². The Balaban J connectivity index is 1.56. The number of rotatable bonds is 4. The fourth-order valence-electron chi connectivity index (χ4n) is 3.89. The molecule has 1 saturated heterocycles. The van der Waals surface area contributed by atoms with Gasteiger partial charge in [-0.25, -0.2) is 4.68 Å². The van der Waals surface area contributed by atoms with Crippen molar-refractivity contribution in [3.63, 3.8) is 0 Å². The number of aliphatic hydroxyl groups excluding tert-OH is 1. The maximum atomic E-state index is 9.57. The van der Waals surface area contributed by atoms with E-state index in [4.69, 9.17) is 12.2 Å². The Bertz CT molecular complexity index is 593. The summed E-state index contributed by atoms with van der Waals surface area (Å²) in [6.45, 7) is 1.89. The van der Waals surface area contributed by atoms with Crippen molar-refractivity contribution in [2.45, 2.75) is 69.1 Å². The first-order valence-corrected chi connectivity index (χ1v) is 9.88. The molecule has 22 heavy (non-hydrogen) atoms. The molecule has 0 aromatic carbocycles. The third kappa shape index (κ3) is 2.77. The number of aromatic nitrogens is 3. The summed E-state index contributed by atoms with van der Waals surface area (Å²) in [4.78, 5) is 2.57. The van der Waals surface area contributed by atoms with Crippen LogP contribution in [0.1, 0.15) is 50.4 Å². The van der Waals surface area contributed by atoms with Gasteiger partial charge in [-0.3, -0.25) is 9.47 Å². The standard InChI is InChI=1S/C15H24N4OS2/c20-9-14-16-18(15(21)19(14)11-5-6-11)10-17-7-8-22-13-4-2-1-3-12(13)17/h11-13,20H,1-10H2. The molecule has 3 aliphatic rings. The van der Waals surface area contributed by atoms with Crippen molar-refractivity contribution >= 4 is 24.0 Å². The zero-order valence-corrected chi connectivity index (χ0v) is 14.5. The third-order valence-electron chi connectivity index (χ3n) is 5.16. The molecular weight excluding hydrogens is 316 g/mol. The highest BCUT2D eigenvalue weighted by Gasteiger charge is 2.34. The molecule has 1 N–H and O–H groups in total. The van der Waals surface area contributed by atoms with Crippen molar-refractivity contribution < 1.29 is 5.11 Å². The summed E-state index contributed by atoms with van der Waals surface area (Å²) in [6.07, 6.45) is 7.72. The molecule has 1 aliphatic heterocycles. The van der Waals surface area contributed by atoms with Crippen molar-refractivity contribution in [2.75, 3.05) is 12.3 Å². The minimum absolute atomic E-state index is 0.0188. The van der Waals surface area contributed by atoms with E-state index in [1.54, 1.807) is 0 Å².